The average Bonchev–Trinajstić information content (AvgIpc) is 3.18. The lowest BCUT2D eigenvalue weighted by molar-refractivity contribution is -0.123. The number of halogens is 1. The van der Waals surface area contributed by atoms with Crippen LogP contribution in [0.5, 0.6) is 0 Å². The number of likely N-dealkylation sites (N-methyl/N-ethyl adjacent to an activating group) is 2. The minimum Gasteiger partial charge on any atom is -0.390 e. The third kappa shape index (κ3) is 4.10. The molecule has 0 spiro atoms. The molecule has 1 aliphatic rings. The van der Waals surface area contributed by atoms with Crippen molar-refractivity contribution in [3.63, 3.8) is 0 Å². The fourth-order valence-corrected chi connectivity index (χ4v) is 3.11. The van der Waals surface area contributed by atoms with Crippen molar-refractivity contribution in [3.8, 4) is 11.3 Å². The van der Waals surface area contributed by atoms with E-state index in [1.807, 2.05) is 24.3 Å². The van der Waals surface area contributed by atoms with Crippen LogP contribution in [0.25, 0.3) is 11.3 Å². The number of nitrogens with zero attached hydrogens (tertiary/aromatic N) is 3. The zero-order valence-electron chi connectivity index (χ0n) is 16.4. The zero-order valence-corrected chi connectivity index (χ0v) is 18.0. The standard InChI is InChI=1S/C19H19BrN6O4/c1-22-12(16-17(21)25(2)19(29)26(3)18(16)28)8-15(27)23-14-9-13(30-24-14)10-4-6-11(20)7-5-10/h4-7,9,21-22H,8H2,1-3H3,(H,23,24,27)/b16-12+,21-17?. The molecule has 0 unspecified atom stereocenters. The summed E-state index contributed by atoms with van der Waals surface area (Å²) in [6.45, 7) is 0. The van der Waals surface area contributed by atoms with E-state index in [4.69, 9.17) is 9.93 Å². The van der Waals surface area contributed by atoms with Crippen molar-refractivity contribution in [1.82, 2.24) is 20.3 Å². The van der Waals surface area contributed by atoms with Crippen LogP contribution in [0.3, 0.4) is 0 Å². The molecule has 11 heteroatoms. The fraction of sp³-hybridized carbons (Fsp3) is 0.211. The summed E-state index contributed by atoms with van der Waals surface area (Å²) in [5.74, 6) is -0.701. The molecule has 2 aromatic rings. The normalized spacial score (nSPS) is 16.1. The Kier molecular flexibility index (Phi) is 6.01. The molecule has 0 radical (unpaired) electrons. The molecule has 3 rings (SSSR count). The summed E-state index contributed by atoms with van der Waals surface area (Å²) in [6.07, 6.45) is -0.226. The van der Waals surface area contributed by atoms with Crippen molar-refractivity contribution < 1.29 is 18.9 Å². The number of rotatable bonds is 5. The third-order valence-electron chi connectivity index (χ3n) is 4.51. The number of hydrogen-bond acceptors (Lipinski definition) is 7. The van der Waals surface area contributed by atoms with E-state index in [1.165, 1.54) is 21.1 Å². The first-order valence-corrected chi connectivity index (χ1v) is 9.60. The lowest BCUT2D eigenvalue weighted by Crippen LogP contribution is -2.53. The maximum atomic E-state index is 12.5. The van der Waals surface area contributed by atoms with Crippen LogP contribution in [0.2, 0.25) is 0 Å². The van der Waals surface area contributed by atoms with E-state index in [-0.39, 0.29) is 29.3 Å². The van der Waals surface area contributed by atoms with Gasteiger partial charge in [-0.05, 0) is 12.1 Å². The third-order valence-corrected chi connectivity index (χ3v) is 5.04. The smallest absolute Gasteiger partial charge is 0.332 e. The van der Waals surface area contributed by atoms with Crippen LogP contribution in [0.4, 0.5) is 10.6 Å². The first kappa shape index (κ1) is 21.2. The summed E-state index contributed by atoms with van der Waals surface area (Å²) in [6, 6.07) is 8.37. The van der Waals surface area contributed by atoms with Crippen molar-refractivity contribution in [3.05, 3.63) is 46.1 Å². The van der Waals surface area contributed by atoms with Crippen molar-refractivity contribution >= 4 is 45.4 Å². The van der Waals surface area contributed by atoms with Crippen LogP contribution in [-0.4, -0.2) is 59.8 Å². The number of hydrogen-bond donors (Lipinski definition) is 3. The summed E-state index contributed by atoms with van der Waals surface area (Å²) >= 11 is 3.36. The Labute approximate surface area is 180 Å². The van der Waals surface area contributed by atoms with Gasteiger partial charge in [0.25, 0.3) is 5.91 Å². The summed E-state index contributed by atoms with van der Waals surface area (Å²) in [4.78, 5) is 38.9. The summed E-state index contributed by atoms with van der Waals surface area (Å²) in [7, 11) is 4.24. The maximum Gasteiger partial charge on any atom is 0.332 e. The molecule has 1 fully saturated rings. The van der Waals surface area contributed by atoms with Crippen LogP contribution >= 0.6 is 15.9 Å². The predicted octanol–water partition coefficient (Wildman–Crippen LogP) is 2.41. The maximum absolute atomic E-state index is 12.5. The number of carbonyl (C=O) groups is 3. The number of urea groups is 1. The largest absolute Gasteiger partial charge is 0.390 e. The number of carbonyl (C=O) groups excluding carboxylic acids is 3. The Hall–Kier alpha value is -3.47. The molecular weight excluding hydrogens is 456 g/mol. The number of amides is 4. The molecular formula is C19H19BrN6O4. The van der Waals surface area contributed by atoms with Crippen LogP contribution < -0.4 is 10.6 Å². The lowest BCUT2D eigenvalue weighted by Gasteiger charge is -2.32. The molecule has 0 aliphatic carbocycles. The van der Waals surface area contributed by atoms with Gasteiger partial charge in [-0.15, -0.1) is 0 Å². The van der Waals surface area contributed by atoms with E-state index in [0.717, 1.165) is 19.8 Å². The SMILES string of the molecule is CN/C(CC(=O)Nc1cc(-c2ccc(Br)cc2)on1)=C1\C(=N)N(C)C(=O)N(C)C1=O. The molecule has 10 nitrogen and oxygen atoms in total. The highest BCUT2D eigenvalue weighted by Crippen LogP contribution is 2.25. The van der Waals surface area contributed by atoms with Gasteiger partial charge < -0.3 is 15.2 Å². The molecule has 3 N–H and O–H groups in total. The zero-order chi connectivity index (χ0) is 22.0. The van der Waals surface area contributed by atoms with Crippen LogP contribution in [-0.2, 0) is 9.59 Å². The van der Waals surface area contributed by atoms with E-state index in [1.54, 1.807) is 6.07 Å². The number of anilines is 1. The van der Waals surface area contributed by atoms with Crippen LogP contribution in [0, 0.1) is 5.41 Å². The van der Waals surface area contributed by atoms with E-state index >= 15 is 0 Å². The van der Waals surface area contributed by atoms with Gasteiger partial charge in [-0.25, -0.2) is 4.79 Å². The Morgan fingerprint density at radius 3 is 2.50 bits per heavy atom. The summed E-state index contributed by atoms with van der Waals surface area (Å²) in [5.41, 5.74) is 0.958. The van der Waals surface area contributed by atoms with Crippen molar-refractivity contribution in [2.75, 3.05) is 26.5 Å². The van der Waals surface area contributed by atoms with Gasteiger partial charge >= 0.3 is 6.03 Å². The molecule has 156 valence electrons. The van der Waals surface area contributed by atoms with E-state index in [2.05, 4.69) is 31.7 Å². The Balaban J connectivity index is 1.77. The first-order chi connectivity index (χ1) is 14.2. The van der Waals surface area contributed by atoms with Crippen molar-refractivity contribution in [1.29, 1.82) is 5.41 Å². The Morgan fingerprint density at radius 2 is 1.87 bits per heavy atom. The highest BCUT2D eigenvalue weighted by Gasteiger charge is 2.37. The van der Waals surface area contributed by atoms with Gasteiger partial charge in [0, 0.05) is 42.9 Å². The summed E-state index contributed by atoms with van der Waals surface area (Å²) < 4.78 is 6.19. The lowest BCUT2D eigenvalue weighted by atomic mass is 10.1. The van der Waals surface area contributed by atoms with Gasteiger partial charge in [0.05, 0.1) is 6.42 Å². The van der Waals surface area contributed by atoms with Crippen LogP contribution in [0.15, 0.2) is 50.6 Å². The predicted molar refractivity (Wildman–Crippen MR) is 113 cm³/mol. The quantitative estimate of drug-likeness (QED) is 0.570. The van der Waals surface area contributed by atoms with Gasteiger partial charge in [0.2, 0.25) is 5.91 Å². The van der Waals surface area contributed by atoms with Crippen molar-refractivity contribution in [2.45, 2.75) is 6.42 Å². The van der Waals surface area contributed by atoms with Gasteiger partial charge in [0.15, 0.2) is 11.6 Å². The molecule has 30 heavy (non-hydrogen) atoms. The van der Waals surface area contributed by atoms with Gasteiger partial charge in [-0.3, -0.25) is 24.8 Å². The second kappa shape index (κ2) is 8.49. The summed E-state index contributed by atoms with van der Waals surface area (Å²) in [5, 5.41) is 17.3. The molecule has 1 aromatic heterocycles. The van der Waals surface area contributed by atoms with Crippen molar-refractivity contribution in [2.24, 2.45) is 0 Å². The number of nitrogens with one attached hydrogen (secondary N) is 3. The number of benzene rings is 1. The van der Waals surface area contributed by atoms with Gasteiger partial charge in [-0.1, -0.05) is 33.2 Å². The first-order valence-electron chi connectivity index (χ1n) is 8.81. The molecule has 0 bridgehead atoms. The fourth-order valence-electron chi connectivity index (χ4n) is 2.85. The van der Waals surface area contributed by atoms with E-state index < -0.39 is 17.8 Å². The van der Waals surface area contributed by atoms with E-state index in [9.17, 15) is 14.4 Å². The minimum absolute atomic E-state index is 0.0482. The molecule has 1 aliphatic heterocycles. The molecule has 1 aromatic carbocycles. The van der Waals surface area contributed by atoms with Gasteiger partial charge in [-0.2, -0.15) is 0 Å². The molecule has 2 heterocycles. The second-order valence-corrected chi connectivity index (χ2v) is 7.38. The van der Waals surface area contributed by atoms with E-state index in [0.29, 0.717) is 5.76 Å². The molecule has 1 saturated heterocycles. The minimum atomic E-state index is -0.654. The topological polar surface area (TPSA) is 132 Å². The molecule has 4 amide bonds. The Bertz CT molecular complexity index is 1030. The molecule has 0 atom stereocenters. The second-order valence-electron chi connectivity index (χ2n) is 6.47. The number of aromatic nitrogens is 1. The highest BCUT2D eigenvalue weighted by atomic mass is 79.9. The average molecular weight is 475 g/mol. The monoisotopic (exact) mass is 474 g/mol. The Morgan fingerprint density at radius 1 is 1.20 bits per heavy atom. The number of imide groups is 1. The van der Waals surface area contributed by atoms with Crippen LogP contribution in [0.1, 0.15) is 6.42 Å². The number of amidine groups is 1. The highest BCUT2D eigenvalue weighted by molar-refractivity contribution is 9.10. The molecule has 0 saturated carbocycles. The van der Waals surface area contributed by atoms with Gasteiger partial charge in [0.1, 0.15) is 11.4 Å².